The fourth-order valence-electron chi connectivity index (χ4n) is 1.97. The third kappa shape index (κ3) is 2.82. The summed E-state index contributed by atoms with van der Waals surface area (Å²) in [4.78, 5) is 0. The second-order valence-electron chi connectivity index (χ2n) is 4.41. The van der Waals surface area contributed by atoms with E-state index in [4.69, 9.17) is 0 Å². The van der Waals surface area contributed by atoms with Crippen molar-refractivity contribution in [2.45, 2.75) is 0 Å². The van der Waals surface area contributed by atoms with Gasteiger partial charge in [-0.2, -0.15) is 16.3 Å². The number of halogens is 1. The Labute approximate surface area is 125 Å². The predicted molar refractivity (Wildman–Crippen MR) is 83.0 cm³/mol. The average molecular weight is 303 g/mol. The molecule has 0 saturated carbocycles. The van der Waals surface area contributed by atoms with Gasteiger partial charge in [-0.15, -0.1) is 15.3 Å². The molecular formula is C14H14FN5S. The van der Waals surface area contributed by atoms with Crippen molar-refractivity contribution in [1.82, 2.24) is 19.8 Å². The van der Waals surface area contributed by atoms with E-state index in [9.17, 15) is 4.39 Å². The maximum atomic E-state index is 13.9. The number of hydrogen-bond donors (Lipinski definition) is 1. The van der Waals surface area contributed by atoms with Gasteiger partial charge in [0.25, 0.3) is 0 Å². The molecule has 2 heterocycles. The van der Waals surface area contributed by atoms with E-state index in [0.29, 0.717) is 22.9 Å². The van der Waals surface area contributed by atoms with Gasteiger partial charge >= 0.3 is 0 Å². The Morgan fingerprint density at radius 2 is 2.05 bits per heavy atom. The molecule has 0 aliphatic heterocycles. The zero-order chi connectivity index (χ0) is 14.7. The molecule has 0 fully saturated rings. The number of benzene rings is 1. The van der Waals surface area contributed by atoms with Crippen LogP contribution in [-0.2, 0) is 0 Å². The number of hydrogen-bond acceptors (Lipinski definition) is 5. The van der Waals surface area contributed by atoms with Crippen molar-refractivity contribution in [3.63, 3.8) is 0 Å². The summed E-state index contributed by atoms with van der Waals surface area (Å²) in [6.45, 7) is 0.816. The smallest absolute Gasteiger partial charge is 0.188 e. The van der Waals surface area contributed by atoms with E-state index in [2.05, 4.69) is 20.6 Å². The predicted octanol–water partition coefficient (Wildman–Crippen LogP) is 2.71. The molecular weight excluding hydrogens is 289 g/mol. The highest BCUT2D eigenvalue weighted by Gasteiger charge is 2.13. The van der Waals surface area contributed by atoms with E-state index < -0.39 is 0 Å². The summed E-state index contributed by atoms with van der Waals surface area (Å²) in [6.07, 6.45) is 2.05. The van der Waals surface area contributed by atoms with Gasteiger partial charge in [-0.05, 0) is 30.5 Å². The molecule has 3 rings (SSSR count). The first-order chi connectivity index (χ1) is 10.3. The minimum Gasteiger partial charge on any atom is -0.368 e. The first kappa shape index (κ1) is 13.8. The van der Waals surface area contributed by atoms with Crippen LogP contribution in [0.15, 0.2) is 36.4 Å². The normalized spacial score (nSPS) is 11.0. The molecule has 5 nitrogen and oxygen atoms in total. The number of rotatable bonds is 5. The van der Waals surface area contributed by atoms with Crippen LogP contribution in [0, 0.1) is 5.82 Å². The van der Waals surface area contributed by atoms with Crippen molar-refractivity contribution in [1.29, 1.82) is 0 Å². The van der Waals surface area contributed by atoms with Crippen LogP contribution >= 0.6 is 11.8 Å². The number of nitrogens with one attached hydrogen (secondary N) is 1. The monoisotopic (exact) mass is 303 g/mol. The van der Waals surface area contributed by atoms with E-state index in [1.807, 2.05) is 18.4 Å². The highest BCUT2D eigenvalue weighted by Crippen LogP contribution is 2.21. The number of anilines is 1. The molecule has 3 aromatic rings. The molecule has 2 aromatic heterocycles. The first-order valence-electron chi connectivity index (χ1n) is 6.50. The lowest BCUT2D eigenvalue weighted by Crippen LogP contribution is -2.07. The molecule has 21 heavy (non-hydrogen) atoms. The van der Waals surface area contributed by atoms with Gasteiger partial charge in [0.2, 0.25) is 0 Å². The zero-order valence-corrected chi connectivity index (χ0v) is 12.3. The van der Waals surface area contributed by atoms with Crippen LogP contribution in [0.1, 0.15) is 0 Å². The standard InChI is InChI=1S/C14H14FN5S/c1-21-9-8-16-12-6-7-13-17-18-14(20(13)19-12)10-4-2-3-5-11(10)15/h2-7H,8-9H2,1H3,(H,16,19). The van der Waals surface area contributed by atoms with Crippen molar-refractivity contribution in [3.05, 3.63) is 42.2 Å². The Bertz CT molecular complexity index is 758. The highest BCUT2D eigenvalue weighted by molar-refractivity contribution is 7.98. The van der Waals surface area contributed by atoms with Crippen molar-refractivity contribution in [2.24, 2.45) is 0 Å². The Morgan fingerprint density at radius 1 is 1.19 bits per heavy atom. The summed E-state index contributed by atoms with van der Waals surface area (Å²) in [7, 11) is 0. The fraction of sp³-hybridized carbons (Fsp3) is 0.214. The number of fused-ring (bicyclic) bond motifs is 1. The van der Waals surface area contributed by atoms with E-state index >= 15 is 0 Å². The van der Waals surface area contributed by atoms with Crippen LogP contribution in [0.25, 0.3) is 17.0 Å². The molecule has 0 unspecified atom stereocenters. The van der Waals surface area contributed by atoms with Crippen LogP contribution < -0.4 is 5.32 Å². The average Bonchev–Trinajstić information content (AvgIpc) is 2.91. The summed E-state index contributed by atoms with van der Waals surface area (Å²) in [5.41, 5.74) is 0.974. The Balaban J connectivity index is 2.00. The lowest BCUT2D eigenvalue weighted by molar-refractivity contribution is 0.629. The molecule has 0 atom stereocenters. The third-order valence-corrected chi connectivity index (χ3v) is 3.60. The second kappa shape index (κ2) is 6.09. The van der Waals surface area contributed by atoms with Gasteiger partial charge in [-0.1, -0.05) is 12.1 Å². The van der Waals surface area contributed by atoms with E-state index in [-0.39, 0.29) is 5.82 Å². The topological polar surface area (TPSA) is 55.1 Å². The summed E-state index contributed by atoms with van der Waals surface area (Å²) >= 11 is 1.76. The quantitative estimate of drug-likeness (QED) is 0.734. The number of nitrogens with zero attached hydrogens (tertiary/aromatic N) is 4. The van der Waals surface area contributed by atoms with Gasteiger partial charge < -0.3 is 5.32 Å². The molecule has 0 amide bonds. The molecule has 0 radical (unpaired) electrons. The van der Waals surface area contributed by atoms with Crippen molar-refractivity contribution in [3.8, 4) is 11.4 Å². The van der Waals surface area contributed by atoms with Crippen LogP contribution in [-0.4, -0.2) is 38.4 Å². The molecule has 1 aromatic carbocycles. The van der Waals surface area contributed by atoms with Crippen LogP contribution in [0.4, 0.5) is 10.2 Å². The number of thioether (sulfide) groups is 1. The van der Waals surface area contributed by atoms with Gasteiger partial charge in [0.1, 0.15) is 11.6 Å². The van der Waals surface area contributed by atoms with Crippen molar-refractivity contribution < 1.29 is 4.39 Å². The number of aromatic nitrogens is 4. The van der Waals surface area contributed by atoms with Crippen LogP contribution in [0.5, 0.6) is 0 Å². The largest absolute Gasteiger partial charge is 0.368 e. The van der Waals surface area contributed by atoms with Crippen molar-refractivity contribution in [2.75, 3.05) is 23.9 Å². The molecule has 0 aliphatic rings. The Kier molecular flexibility index (Phi) is 4.01. The Hall–Kier alpha value is -2.15. The first-order valence-corrected chi connectivity index (χ1v) is 7.89. The SMILES string of the molecule is CSCCNc1ccc2nnc(-c3ccccc3F)n2n1. The van der Waals surface area contributed by atoms with Crippen LogP contribution in [0.3, 0.4) is 0 Å². The van der Waals surface area contributed by atoms with Gasteiger partial charge in [-0.25, -0.2) is 4.39 Å². The zero-order valence-electron chi connectivity index (χ0n) is 11.5. The van der Waals surface area contributed by atoms with Gasteiger partial charge in [0, 0.05) is 12.3 Å². The molecule has 1 N–H and O–H groups in total. The Morgan fingerprint density at radius 3 is 2.86 bits per heavy atom. The summed E-state index contributed by atoms with van der Waals surface area (Å²) in [6, 6.07) is 10.1. The molecule has 0 saturated heterocycles. The summed E-state index contributed by atoms with van der Waals surface area (Å²) in [5.74, 6) is 1.77. The molecule has 0 bridgehead atoms. The lowest BCUT2D eigenvalue weighted by atomic mass is 10.2. The van der Waals surface area contributed by atoms with Gasteiger partial charge in [0.05, 0.1) is 5.56 Å². The maximum Gasteiger partial charge on any atom is 0.188 e. The van der Waals surface area contributed by atoms with E-state index in [1.54, 1.807) is 34.5 Å². The molecule has 0 spiro atoms. The van der Waals surface area contributed by atoms with Gasteiger partial charge in [0.15, 0.2) is 11.5 Å². The maximum absolute atomic E-state index is 13.9. The molecule has 0 aliphatic carbocycles. The minimum absolute atomic E-state index is 0.339. The minimum atomic E-state index is -0.339. The van der Waals surface area contributed by atoms with E-state index in [1.165, 1.54) is 6.07 Å². The van der Waals surface area contributed by atoms with E-state index in [0.717, 1.165) is 12.3 Å². The molecule has 7 heteroatoms. The third-order valence-electron chi connectivity index (χ3n) is 2.99. The fourth-order valence-corrected chi connectivity index (χ4v) is 2.28. The summed E-state index contributed by atoms with van der Waals surface area (Å²) in [5, 5.41) is 15.7. The van der Waals surface area contributed by atoms with Crippen LogP contribution in [0.2, 0.25) is 0 Å². The summed E-state index contributed by atoms with van der Waals surface area (Å²) < 4.78 is 15.5. The highest BCUT2D eigenvalue weighted by atomic mass is 32.2. The lowest BCUT2D eigenvalue weighted by Gasteiger charge is -2.05. The van der Waals surface area contributed by atoms with Gasteiger partial charge in [-0.3, -0.25) is 0 Å². The molecule has 108 valence electrons. The van der Waals surface area contributed by atoms with Crippen molar-refractivity contribution >= 4 is 23.2 Å². The second-order valence-corrected chi connectivity index (χ2v) is 5.40.